The number of unbranched alkanes of at least 4 members (excludes halogenated alkanes) is 1. The van der Waals surface area contributed by atoms with Gasteiger partial charge in [-0.2, -0.15) is 0 Å². The highest BCUT2D eigenvalue weighted by molar-refractivity contribution is 5.26. The van der Waals surface area contributed by atoms with E-state index >= 15 is 0 Å². The van der Waals surface area contributed by atoms with Crippen molar-refractivity contribution in [1.29, 1.82) is 0 Å². The lowest BCUT2D eigenvalue weighted by Gasteiger charge is -2.38. The first-order valence-electron chi connectivity index (χ1n) is 15.3. The quantitative estimate of drug-likeness (QED) is 0.332. The van der Waals surface area contributed by atoms with Gasteiger partial charge in [-0.3, -0.25) is 0 Å². The van der Waals surface area contributed by atoms with Gasteiger partial charge in [-0.05, 0) is 111 Å². The van der Waals surface area contributed by atoms with Crippen molar-refractivity contribution in [1.82, 2.24) is 0 Å². The van der Waals surface area contributed by atoms with Gasteiger partial charge in [-0.15, -0.1) is 0 Å². The summed E-state index contributed by atoms with van der Waals surface area (Å²) in [6.07, 6.45) is 27.9. The Bertz CT molecular complexity index is 633. The molecule has 1 aromatic carbocycles. The van der Waals surface area contributed by atoms with Crippen LogP contribution >= 0.6 is 0 Å². The largest absolute Gasteiger partial charge is 0.0654 e. The van der Waals surface area contributed by atoms with Crippen molar-refractivity contribution < 1.29 is 0 Å². The van der Waals surface area contributed by atoms with E-state index in [-0.39, 0.29) is 0 Å². The fourth-order valence-corrected chi connectivity index (χ4v) is 7.91. The zero-order chi connectivity index (χ0) is 22.9. The number of aryl methyl sites for hydroxylation is 1. The molecule has 0 N–H and O–H groups in total. The highest BCUT2D eigenvalue weighted by Crippen LogP contribution is 2.43. The lowest BCUT2D eigenvalue weighted by molar-refractivity contribution is 0.141. The van der Waals surface area contributed by atoms with E-state index < -0.39 is 0 Å². The number of hydrogen-bond donors (Lipinski definition) is 0. The maximum absolute atomic E-state index is 2.48. The molecule has 0 saturated heterocycles. The van der Waals surface area contributed by atoms with Crippen molar-refractivity contribution >= 4 is 0 Å². The molecule has 0 bridgehead atoms. The van der Waals surface area contributed by atoms with Crippen molar-refractivity contribution in [2.75, 3.05) is 0 Å². The summed E-state index contributed by atoms with van der Waals surface area (Å²) in [6, 6.07) is 9.91. The van der Waals surface area contributed by atoms with Gasteiger partial charge in [-0.25, -0.2) is 0 Å². The van der Waals surface area contributed by atoms with Crippen molar-refractivity contribution in [3.63, 3.8) is 0 Å². The maximum Gasteiger partial charge on any atom is -0.0162 e. The summed E-state index contributed by atoms with van der Waals surface area (Å²) < 4.78 is 0. The van der Waals surface area contributed by atoms with Crippen LogP contribution in [0.25, 0.3) is 0 Å². The third-order valence-corrected chi connectivity index (χ3v) is 10.3. The van der Waals surface area contributed by atoms with Crippen LogP contribution in [0.2, 0.25) is 0 Å². The van der Waals surface area contributed by atoms with Gasteiger partial charge in [0.05, 0.1) is 0 Å². The molecule has 0 atom stereocenters. The molecular weight excluding hydrogens is 396 g/mol. The summed E-state index contributed by atoms with van der Waals surface area (Å²) in [5.74, 6) is 6.06. The fourth-order valence-electron chi connectivity index (χ4n) is 7.91. The molecule has 0 amide bonds. The Morgan fingerprint density at radius 2 is 1.06 bits per heavy atom. The molecule has 3 fully saturated rings. The summed E-state index contributed by atoms with van der Waals surface area (Å²) in [5, 5.41) is 0. The van der Waals surface area contributed by atoms with Gasteiger partial charge in [0.1, 0.15) is 0 Å². The molecule has 186 valence electrons. The normalized spacial score (nSPS) is 33.2. The Balaban J connectivity index is 1.13. The average Bonchev–Trinajstić information content (AvgIpc) is 2.88. The van der Waals surface area contributed by atoms with Crippen LogP contribution in [0, 0.1) is 29.6 Å². The van der Waals surface area contributed by atoms with Crippen LogP contribution in [0.1, 0.15) is 146 Å². The predicted molar refractivity (Wildman–Crippen MR) is 145 cm³/mol. The minimum atomic E-state index is 0.837. The summed E-state index contributed by atoms with van der Waals surface area (Å²) in [4.78, 5) is 0. The Morgan fingerprint density at radius 3 is 1.61 bits per heavy atom. The molecule has 33 heavy (non-hydrogen) atoms. The zero-order valence-corrected chi connectivity index (χ0v) is 22.2. The first-order chi connectivity index (χ1) is 16.2. The molecule has 0 aliphatic heterocycles. The van der Waals surface area contributed by atoms with Gasteiger partial charge in [-0.1, -0.05) is 95.9 Å². The minimum Gasteiger partial charge on any atom is -0.0654 e. The molecule has 1 aromatic rings. The highest BCUT2D eigenvalue weighted by Gasteiger charge is 2.30. The van der Waals surface area contributed by atoms with Crippen LogP contribution in [-0.4, -0.2) is 0 Å². The van der Waals surface area contributed by atoms with Crippen LogP contribution in [0.3, 0.4) is 0 Å². The molecule has 0 nitrogen and oxygen atoms in total. The molecule has 4 rings (SSSR count). The SMILES string of the molecule is CCCCC1CCC(c2ccc(CCC3CCC(C4CCC(CCC)CC4)CC3)cc2)CC1. The van der Waals surface area contributed by atoms with E-state index in [9.17, 15) is 0 Å². The van der Waals surface area contributed by atoms with Gasteiger partial charge in [0, 0.05) is 0 Å². The van der Waals surface area contributed by atoms with E-state index in [0.29, 0.717) is 0 Å². The molecule has 0 aromatic heterocycles. The lowest BCUT2D eigenvalue weighted by atomic mass is 9.68. The van der Waals surface area contributed by atoms with Gasteiger partial charge in [0.15, 0.2) is 0 Å². The standard InChI is InChI=1S/C33H54/c1-3-5-7-27-12-20-31(21-13-27)33-24-16-29(17-25-33)9-8-28-14-22-32(23-15-28)30-18-10-26(6-4-2)11-19-30/h16-17,24-28,30-32H,3-15,18-23H2,1-2H3. The maximum atomic E-state index is 2.48. The summed E-state index contributed by atoms with van der Waals surface area (Å²) in [5.41, 5.74) is 3.22. The minimum absolute atomic E-state index is 0.837. The van der Waals surface area contributed by atoms with E-state index in [1.807, 2.05) is 0 Å². The van der Waals surface area contributed by atoms with Crippen molar-refractivity contribution in [3.05, 3.63) is 35.4 Å². The van der Waals surface area contributed by atoms with Crippen LogP contribution in [0.5, 0.6) is 0 Å². The monoisotopic (exact) mass is 450 g/mol. The second-order valence-electron chi connectivity index (χ2n) is 12.5. The first kappa shape index (κ1) is 25.3. The Morgan fingerprint density at radius 1 is 0.545 bits per heavy atom. The summed E-state index contributed by atoms with van der Waals surface area (Å²) in [6.45, 7) is 4.69. The molecule has 0 spiro atoms. The van der Waals surface area contributed by atoms with Gasteiger partial charge in [0.25, 0.3) is 0 Å². The average molecular weight is 451 g/mol. The summed E-state index contributed by atoms with van der Waals surface area (Å²) in [7, 11) is 0. The van der Waals surface area contributed by atoms with E-state index in [1.54, 1.807) is 24.0 Å². The summed E-state index contributed by atoms with van der Waals surface area (Å²) >= 11 is 0. The van der Waals surface area contributed by atoms with E-state index in [1.165, 1.54) is 109 Å². The molecule has 3 aliphatic carbocycles. The fraction of sp³-hybridized carbons (Fsp3) is 0.818. The van der Waals surface area contributed by atoms with E-state index in [4.69, 9.17) is 0 Å². The molecule has 0 heterocycles. The Hall–Kier alpha value is -0.780. The molecule has 0 unspecified atom stereocenters. The third-order valence-electron chi connectivity index (χ3n) is 10.3. The lowest BCUT2D eigenvalue weighted by Crippen LogP contribution is -2.26. The number of hydrogen-bond acceptors (Lipinski definition) is 0. The highest BCUT2D eigenvalue weighted by atomic mass is 14.4. The predicted octanol–water partition coefficient (Wildman–Crippen LogP) is 10.5. The molecule has 3 aliphatic rings. The molecule has 3 saturated carbocycles. The van der Waals surface area contributed by atoms with Gasteiger partial charge in [0.2, 0.25) is 0 Å². The second kappa shape index (κ2) is 13.3. The Kier molecular flexibility index (Phi) is 10.2. The van der Waals surface area contributed by atoms with Gasteiger partial charge < -0.3 is 0 Å². The number of benzene rings is 1. The van der Waals surface area contributed by atoms with Crippen molar-refractivity contribution in [3.8, 4) is 0 Å². The van der Waals surface area contributed by atoms with Crippen LogP contribution in [0.4, 0.5) is 0 Å². The van der Waals surface area contributed by atoms with E-state index in [2.05, 4.69) is 38.1 Å². The van der Waals surface area contributed by atoms with Crippen LogP contribution in [-0.2, 0) is 6.42 Å². The van der Waals surface area contributed by atoms with Crippen molar-refractivity contribution in [2.24, 2.45) is 29.6 Å². The molecule has 0 radical (unpaired) electrons. The first-order valence-corrected chi connectivity index (χ1v) is 15.3. The van der Waals surface area contributed by atoms with Crippen LogP contribution < -0.4 is 0 Å². The van der Waals surface area contributed by atoms with E-state index in [0.717, 1.165) is 35.5 Å². The number of rotatable bonds is 10. The smallest absolute Gasteiger partial charge is 0.0162 e. The molecule has 0 heteroatoms. The van der Waals surface area contributed by atoms with Crippen molar-refractivity contribution in [2.45, 2.75) is 142 Å². The topological polar surface area (TPSA) is 0 Å². The molecular formula is C33H54. The zero-order valence-electron chi connectivity index (χ0n) is 22.2. The third kappa shape index (κ3) is 7.60. The second-order valence-corrected chi connectivity index (χ2v) is 12.5. The van der Waals surface area contributed by atoms with Crippen LogP contribution in [0.15, 0.2) is 24.3 Å². The van der Waals surface area contributed by atoms with Gasteiger partial charge >= 0.3 is 0 Å². The Labute approximate surface area is 206 Å².